The molecule has 3 fully saturated rings. The average Bonchev–Trinajstić information content (AvgIpc) is 3.49. The zero-order valence-corrected chi connectivity index (χ0v) is 29.5. The van der Waals surface area contributed by atoms with Crippen LogP contribution in [0.25, 0.3) is 0 Å². The molecular weight excluding hydrogens is 780 g/mol. The lowest BCUT2D eigenvalue weighted by molar-refractivity contribution is -0.125. The van der Waals surface area contributed by atoms with Gasteiger partial charge in [0.05, 0.1) is 17.5 Å². The van der Waals surface area contributed by atoms with E-state index in [2.05, 4.69) is 5.32 Å². The Labute approximate surface area is 317 Å². The molecule has 2 aliphatic carbocycles. The van der Waals surface area contributed by atoms with Gasteiger partial charge in [-0.3, -0.25) is 24.1 Å². The Hall–Kier alpha value is -4.98. The van der Waals surface area contributed by atoms with Crippen LogP contribution in [0.3, 0.4) is 0 Å². The van der Waals surface area contributed by atoms with Crippen molar-refractivity contribution in [2.24, 2.45) is 17.8 Å². The molecule has 1 saturated carbocycles. The third-order valence-electron chi connectivity index (χ3n) is 10.7. The number of amides is 4. The van der Waals surface area contributed by atoms with Crippen molar-refractivity contribution in [2.75, 3.05) is 15.1 Å². The fourth-order valence-corrected chi connectivity index (χ4v) is 9.41. The van der Waals surface area contributed by atoms with Crippen molar-refractivity contribution in [3.8, 4) is 5.75 Å². The fraction of sp³-hybridized carbons (Fsp3) is 0.211. The summed E-state index contributed by atoms with van der Waals surface area (Å²) in [6, 6.07) is 19.3. The Morgan fingerprint density at radius 2 is 1.33 bits per heavy atom. The van der Waals surface area contributed by atoms with E-state index in [0.29, 0.717) is 5.69 Å². The number of hydrogen-bond acceptors (Lipinski definition) is 6. The van der Waals surface area contributed by atoms with Gasteiger partial charge in [0.15, 0.2) is 33.0 Å². The molecule has 2 heterocycles. The second-order valence-corrected chi connectivity index (χ2v) is 15.1. The Morgan fingerprint density at radius 3 is 1.98 bits per heavy atom. The van der Waals surface area contributed by atoms with E-state index in [0.717, 1.165) is 16.7 Å². The number of alkyl halides is 2. The molecule has 2 saturated heterocycles. The highest BCUT2D eigenvalue weighted by atomic mass is 35.5. The molecule has 4 aromatic rings. The molecule has 16 heteroatoms. The molecule has 54 heavy (non-hydrogen) atoms. The van der Waals surface area contributed by atoms with Crippen LogP contribution < -0.4 is 15.1 Å². The van der Waals surface area contributed by atoms with Crippen LogP contribution in [0.1, 0.15) is 24.3 Å². The van der Waals surface area contributed by atoms with Crippen LogP contribution in [0.2, 0.25) is 5.02 Å². The molecule has 4 aliphatic rings. The molecule has 0 bridgehead atoms. The van der Waals surface area contributed by atoms with Gasteiger partial charge in [-0.25, -0.2) is 26.9 Å². The van der Waals surface area contributed by atoms with Crippen LogP contribution in [-0.4, -0.2) is 38.5 Å². The van der Waals surface area contributed by atoms with Gasteiger partial charge in [-0.05, 0) is 73.4 Å². The average molecular weight is 803 g/mol. The molecule has 8 nitrogen and oxygen atoms in total. The van der Waals surface area contributed by atoms with Crippen LogP contribution in [-0.2, 0) is 19.2 Å². The van der Waals surface area contributed by atoms with Crippen LogP contribution in [0.4, 0.5) is 44.7 Å². The van der Waals surface area contributed by atoms with Gasteiger partial charge in [0, 0.05) is 27.9 Å². The van der Waals surface area contributed by atoms with Crippen LogP contribution in [0, 0.1) is 46.8 Å². The van der Waals surface area contributed by atoms with Crippen LogP contribution >= 0.6 is 34.8 Å². The third-order valence-corrected chi connectivity index (χ3v) is 12.4. The molecule has 2 aliphatic heterocycles. The minimum absolute atomic E-state index is 0.0107. The number of carbonyl (C=O) groups excluding carboxylic acids is 4. The van der Waals surface area contributed by atoms with Crippen molar-refractivity contribution < 1.29 is 46.2 Å². The number of halogens is 8. The SMILES string of the molecule is O=C1[C@H]2[C@H](CC=C3[C@H]2C[C@@]2(Cl)C(=O)N(c4c(F)c(F)c(F)c(F)c4F)C(=O)[C@@]2(Cl)[C@H]3c2cc(Cl)ccc2O)C(=O)N1c1ccc(Nc2ccccc2)cc1. The quantitative estimate of drug-likeness (QED) is 0.0526. The maximum Gasteiger partial charge on any atom is 0.258 e. The first-order valence-electron chi connectivity index (χ1n) is 16.4. The van der Waals surface area contributed by atoms with Crippen molar-refractivity contribution in [1.82, 2.24) is 0 Å². The van der Waals surface area contributed by atoms with Gasteiger partial charge in [-0.2, -0.15) is 0 Å². The van der Waals surface area contributed by atoms with Crippen LogP contribution in [0.5, 0.6) is 5.75 Å². The summed E-state index contributed by atoms with van der Waals surface area (Å²) >= 11 is 20.5. The van der Waals surface area contributed by atoms with Gasteiger partial charge in [0.25, 0.3) is 11.8 Å². The van der Waals surface area contributed by atoms with E-state index >= 15 is 8.78 Å². The number of anilines is 4. The maximum absolute atomic E-state index is 15.3. The number of allylic oxidation sites excluding steroid dienone is 2. The minimum Gasteiger partial charge on any atom is -0.508 e. The van der Waals surface area contributed by atoms with Crippen molar-refractivity contribution in [1.29, 1.82) is 0 Å². The minimum atomic E-state index is -2.80. The molecule has 2 N–H and O–H groups in total. The molecule has 276 valence electrons. The van der Waals surface area contributed by atoms with Gasteiger partial charge >= 0.3 is 0 Å². The number of phenols is 1. The number of benzene rings is 4. The topological polar surface area (TPSA) is 107 Å². The summed E-state index contributed by atoms with van der Waals surface area (Å²) in [6.07, 6.45) is 0.763. The van der Waals surface area contributed by atoms with Crippen molar-refractivity contribution in [3.63, 3.8) is 0 Å². The molecule has 6 atom stereocenters. The predicted octanol–water partition coefficient (Wildman–Crippen LogP) is 8.25. The normalized spacial score (nSPS) is 27.5. The first kappa shape index (κ1) is 36.0. The molecule has 4 aromatic carbocycles. The molecule has 0 radical (unpaired) electrons. The van der Waals surface area contributed by atoms with E-state index in [1.54, 1.807) is 24.3 Å². The molecule has 0 unspecified atom stereocenters. The number of carbonyl (C=O) groups is 4. The molecule has 0 spiro atoms. The zero-order chi connectivity index (χ0) is 38.6. The number of fused-ring (bicyclic) bond motifs is 4. The lowest BCUT2D eigenvalue weighted by atomic mass is 9.56. The summed E-state index contributed by atoms with van der Waals surface area (Å²) in [6.45, 7) is 0. The molecule has 4 amide bonds. The number of nitrogens with one attached hydrogen (secondary N) is 1. The summed E-state index contributed by atoms with van der Waals surface area (Å²) in [7, 11) is 0. The Bertz CT molecular complexity index is 2340. The third kappa shape index (κ3) is 4.87. The number of hydrogen-bond donors (Lipinski definition) is 2. The molecule has 8 rings (SSSR count). The molecule has 0 aromatic heterocycles. The van der Waals surface area contributed by atoms with E-state index in [-0.39, 0.29) is 33.2 Å². The van der Waals surface area contributed by atoms with Gasteiger partial charge < -0.3 is 10.4 Å². The lowest BCUT2D eigenvalue weighted by Gasteiger charge is -2.50. The van der Waals surface area contributed by atoms with E-state index in [9.17, 15) is 37.5 Å². The highest BCUT2D eigenvalue weighted by Crippen LogP contribution is 2.67. The largest absolute Gasteiger partial charge is 0.508 e. The van der Waals surface area contributed by atoms with E-state index < -0.39 is 104 Å². The smallest absolute Gasteiger partial charge is 0.258 e. The first-order chi connectivity index (χ1) is 25.6. The standard InChI is InChI=1S/C38H23Cl3F5N3O5/c39-16-6-13-24(50)22(14-16)26-20-11-12-21-25(34(52)48(33(21)51)19-9-7-18(8-10-19)47-17-4-2-1-3-5-17)23(20)15-37(40)35(53)49(36(54)38(26,37)41)32-30(45)28(43)27(42)29(44)31(32)46/h1-11,13-14,21,23,25-26,47,50H,12,15H2/t21-,23+,25-,26+,37+,38-/m0/s1. The Kier molecular flexibility index (Phi) is 8.36. The number of aromatic hydroxyl groups is 1. The highest BCUT2D eigenvalue weighted by molar-refractivity contribution is 6.58. The van der Waals surface area contributed by atoms with Crippen molar-refractivity contribution in [3.05, 3.63) is 124 Å². The van der Waals surface area contributed by atoms with Gasteiger partial charge in [-0.15, -0.1) is 23.2 Å². The fourth-order valence-electron chi connectivity index (χ4n) is 8.31. The van der Waals surface area contributed by atoms with Crippen molar-refractivity contribution >= 4 is 81.2 Å². The highest BCUT2D eigenvalue weighted by Gasteiger charge is 2.77. The number of rotatable bonds is 5. The van der Waals surface area contributed by atoms with E-state index in [1.807, 2.05) is 30.3 Å². The summed E-state index contributed by atoms with van der Waals surface area (Å²) in [5.41, 5.74) is -0.227. The van der Waals surface area contributed by atoms with Crippen molar-refractivity contribution in [2.45, 2.75) is 28.5 Å². The summed E-state index contributed by atoms with van der Waals surface area (Å²) in [5.74, 6) is -22.5. The van der Waals surface area contributed by atoms with E-state index in [1.165, 1.54) is 18.2 Å². The van der Waals surface area contributed by atoms with Crippen LogP contribution in [0.15, 0.2) is 84.4 Å². The second-order valence-electron chi connectivity index (χ2n) is 13.4. The summed E-state index contributed by atoms with van der Waals surface area (Å²) in [5, 5.41) is 14.3. The van der Waals surface area contributed by atoms with E-state index in [4.69, 9.17) is 34.8 Å². The Morgan fingerprint density at radius 1 is 0.722 bits per heavy atom. The summed E-state index contributed by atoms with van der Waals surface area (Å²) in [4.78, 5) is 52.3. The number of phenolic OH excluding ortho intramolecular Hbond substituents is 1. The van der Waals surface area contributed by atoms with Gasteiger partial charge in [-0.1, -0.05) is 41.4 Å². The number of imide groups is 2. The van der Waals surface area contributed by atoms with Gasteiger partial charge in [0.2, 0.25) is 17.6 Å². The zero-order valence-electron chi connectivity index (χ0n) is 27.2. The predicted molar refractivity (Wildman–Crippen MR) is 188 cm³/mol. The maximum atomic E-state index is 15.3. The summed E-state index contributed by atoms with van der Waals surface area (Å²) < 4.78 is 73.5. The second kappa shape index (κ2) is 12.5. The monoisotopic (exact) mass is 801 g/mol. The lowest BCUT2D eigenvalue weighted by Crippen LogP contribution is -2.60. The Balaban J connectivity index is 1.24. The number of para-hydroxylation sites is 1. The first-order valence-corrected chi connectivity index (χ1v) is 17.5. The number of nitrogens with zero attached hydrogens (tertiary/aromatic N) is 2. The molecular formula is C38H23Cl3F5N3O5. The van der Waals surface area contributed by atoms with Gasteiger partial charge in [0.1, 0.15) is 11.4 Å².